The SMILES string of the molecule is c1ccc(C2CCC(NCCc3ccc4c(c3)OCO4)CC2)cc1. The second kappa shape index (κ2) is 7.27. The van der Waals surface area contributed by atoms with Crippen LogP contribution in [0.15, 0.2) is 48.5 Å². The van der Waals surface area contributed by atoms with Crippen LogP contribution in [-0.2, 0) is 6.42 Å². The summed E-state index contributed by atoms with van der Waals surface area (Å²) in [5.74, 6) is 2.50. The van der Waals surface area contributed by atoms with Crippen molar-refractivity contribution in [2.45, 2.75) is 44.1 Å². The van der Waals surface area contributed by atoms with Crippen LogP contribution in [-0.4, -0.2) is 19.4 Å². The van der Waals surface area contributed by atoms with Crippen LogP contribution in [0.25, 0.3) is 0 Å². The third-order valence-corrected chi connectivity index (χ3v) is 5.28. The smallest absolute Gasteiger partial charge is 0.231 e. The average Bonchev–Trinajstić information content (AvgIpc) is 3.11. The van der Waals surface area contributed by atoms with Gasteiger partial charge in [-0.25, -0.2) is 0 Å². The molecule has 0 amide bonds. The van der Waals surface area contributed by atoms with Crippen molar-refractivity contribution in [1.29, 1.82) is 0 Å². The van der Waals surface area contributed by atoms with Gasteiger partial charge in [0, 0.05) is 6.04 Å². The van der Waals surface area contributed by atoms with Crippen LogP contribution in [0.2, 0.25) is 0 Å². The highest BCUT2D eigenvalue weighted by atomic mass is 16.7. The molecule has 1 aliphatic heterocycles. The second-order valence-electron chi connectivity index (χ2n) is 6.85. The Labute approximate surface area is 144 Å². The van der Waals surface area contributed by atoms with Gasteiger partial charge in [0.15, 0.2) is 11.5 Å². The first-order valence-corrected chi connectivity index (χ1v) is 9.05. The summed E-state index contributed by atoms with van der Waals surface area (Å²) in [5.41, 5.74) is 2.82. The van der Waals surface area contributed by atoms with E-state index in [4.69, 9.17) is 9.47 Å². The highest BCUT2D eigenvalue weighted by Gasteiger charge is 2.21. The van der Waals surface area contributed by atoms with Crippen LogP contribution in [0.5, 0.6) is 11.5 Å². The van der Waals surface area contributed by atoms with Gasteiger partial charge in [0.1, 0.15) is 0 Å². The van der Waals surface area contributed by atoms with E-state index in [9.17, 15) is 0 Å². The monoisotopic (exact) mass is 323 g/mol. The minimum absolute atomic E-state index is 0.349. The standard InChI is InChI=1S/C21H25NO2/c1-2-4-17(5-3-1)18-7-9-19(10-8-18)22-13-12-16-6-11-20-21(14-16)24-15-23-20/h1-6,11,14,18-19,22H,7-10,12-13,15H2. The fourth-order valence-corrected chi connectivity index (χ4v) is 3.87. The van der Waals surface area contributed by atoms with Gasteiger partial charge in [0.2, 0.25) is 6.79 Å². The summed E-state index contributed by atoms with van der Waals surface area (Å²) in [4.78, 5) is 0. The Morgan fingerprint density at radius 3 is 2.50 bits per heavy atom. The predicted octanol–water partition coefficient (Wildman–Crippen LogP) is 4.27. The number of nitrogens with one attached hydrogen (secondary N) is 1. The Morgan fingerprint density at radius 2 is 1.67 bits per heavy atom. The molecule has 3 nitrogen and oxygen atoms in total. The highest BCUT2D eigenvalue weighted by Crippen LogP contribution is 2.33. The van der Waals surface area contributed by atoms with E-state index >= 15 is 0 Å². The van der Waals surface area contributed by atoms with Gasteiger partial charge in [0.25, 0.3) is 0 Å². The topological polar surface area (TPSA) is 30.5 Å². The molecule has 0 unspecified atom stereocenters. The van der Waals surface area contributed by atoms with Gasteiger partial charge in [-0.1, -0.05) is 36.4 Å². The molecule has 0 aromatic heterocycles. The molecular weight excluding hydrogens is 298 g/mol. The minimum Gasteiger partial charge on any atom is -0.454 e. The van der Waals surface area contributed by atoms with Crippen molar-refractivity contribution in [2.75, 3.05) is 13.3 Å². The van der Waals surface area contributed by atoms with Crippen LogP contribution >= 0.6 is 0 Å². The Hall–Kier alpha value is -2.00. The third kappa shape index (κ3) is 3.57. The number of benzene rings is 2. The zero-order valence-corrected chi connectivity index (χ0v) is 14.0. The average molecular weight is 323 g/mol. The lowest BCUT2D eigenvalue weighted by Crippen LogP contribution is -2.34. The lowest BCUT2D eigenvalue weighted by atomic mass is 9.82. The Kier molecular flexibility index (Phi) is 4.70. The molecule has 2 aromatic rings. The quantitative estimate of drug-likeness (QED) is 0.891. The molecule has 4 rings (SSSR count). The zero-order chi connectivity index (χ0) is 16.2. The number of ether oxygens (including phenoxy) is 2. The summed E-state index contributed by atoms with van der Waals surface area (Å²) in [6, 6.07) is 17.9. The van der Waals surface area contributed by atoms with E-state index in [0.717, 1.165) is 30.4 Å². The number of hydrogen-bond acceptors (Lipinski definition) is 3. The largest absolute Gasteiger partial charge is 0.454 e. The first kappa shape index (κ1) is 15.5. The van der Waals surface area contributed by atoms with Gasteiger partial charge in [0.05, 0.1) is 0 Å². The van der Waals surface area contributed by atoms with Crippen molar-refractivity contribution in [3.63, 3.8) is 0 Å². The summed E-state index contributed by atoms with van der Waals surface area (Å²) in [5, 5.41) is 3.74. The van der Waals surface area contributed by atoms with Gasteiger partial charge in [-0.2, -0.15) is 0 Å². The van der Waals surface area contributed by atoms with Crippen molar-refractivity contribution in [3.05, 3.63) is 59.7 Å². The molecule has 2 aromatic carbocycles. The van der Waals surface area contributed by atoms with Crippen LogP contribution in [0, 0.1) is 0 Å². The fourth-order valence-electron chi connectivity index (χ4n) is 3.87. The van der Waals surface area contributed by atoms with E-state index in [1.807, 2.05) is 6.07 Å². The second-order valence-corrected chi connectivity index (χ2v) is 6.85. The van der Waals surface area contributed by atoms with E-state index in [-0.39, 0.29) is 0 Å². The molecule has 1 saturated carbocycles. The summed E-state index contributed by atoms with van der Waals surface area (Å²) in [6.07, 6.45) is 6.19. The highest BCUT2D eigenvalue weighted by molar-refractivity contribution is 5.44. The molecular formula is C21H25NO2. The Bertz CT molecular complexity index is 663. The predicted molar refractivity (Wildman–Crippen MR) is 95.7 cm³/mol. The van der Waals surface area contributed by atoms with Crippen molar-refractivity contribution < 1.29 is 9.47 Å². The van der Waals surface area contributed by atoms with Crippen molar-refractivity contribution in [1.82, 2.24) is 5.32 Å². The zero-order valence-electron chi connectivity index (χ0n) is 14.0. The maximum absolute atomic E-state index is 5.45. The molecule has 0 radical (unpaired) electrons. The van der Waals surface area contributed by atoms with Gasteiger partial charge < -0.3 is 14.8 Å². The first-order valence-electron chi connectivity index (χ1n) is 9.05. The maximum atomic E-state index is 5.45. The lowest BCUT2D eigenvalue weighted by molar-refractivity contribution is 0.174. The van der Waals surface area contributed by atoms with Crippen LogP contribution < -0.4 is 14.8 Å². The summed E-state index contributed by atoms with van der Waals surface area (Å²) in [6.45, 7) is 1.38. The molecule has 1 aliphatic carbocycles. The maximum Gasteiger partial charge on any atom is 0.231 e. The van der Waals surface area contributed by atoms with E-state index in [1.54, 1.807) is 0 Å². The molecule has 2 aliphatic rings. The van der Waals surface area contributed by atoms with Gasteiger partial charge in [-0.15, -0.1) is 0 Å². The molecule has 1 heterocycles. The van der Waals surface area contributed by atoms with Gasteiger partial charge in [-0.3, -0.25) is 0 Å². The first-order chi connectivity index (χ1) is 11.9. The van der Waals surface area contributed by atoms with Gasteiger partial charge >= 0.3 is 0 Å². The van der Waals surface area contributed by atoms with Crippen molar-refractivity contribution in [2.24, 2.45) is 0 Å². The normalized spacial score (nSPS) is 22.5. The molecule has 0 atom stereocenters. The van der Waals surface area contributed by atoms with Crippen LogP contribution in [0.1, 0.15) is 42.7 Å². The van der Waals surface area contributed by atoms with E-state index in [2.05, 4.69) is 47.8 Å². The number of fused-ring (bicyclic) bond motifs is 1. The number of hydrogen-bond donors (Lipinski definition) is 1. The fraction of sp³-hybridized carbons (Fsp3) is 0.429. The summed E-state index contributed by atoms with van der Waals surface area (Å²) < 4.78 is 10.8. The summed E-state index contributed by atoms with van der Waals surface area (Å²) >= 11 is 0. The molecule has 0 bridgehead atoms. The molecule has 1 fully saturated rings. The molecule has 3 heteroatoms. The van der Waals surface area contributed by atoms with Crippen molar-refractivity contribution in [3.8, 4) is 11.5 Å². The molecule has 126 valence electrons. The lowest BCUT2D eigenvalue weighted by Gasteiger charge is -2.29. The minimum atomic E-state index is 0.349. The molecule has 0 saturated heterocycles. The molecule has 1 N–H and O–H groups in total. The molecule has 24 heavy (non-hydrogen) atoms. The van der Waals surface area contributed by atoms with E-state index in [0.29, 0.717) is 12.8 Å². The Balaban J connectivity index is 1.22. The van der Waals surface area contributed by atoms with Crippen molar-refractivity contribution >= 4 is 0 Å². The van der Waals surface area contributed by atoms with Crippen LogP contribution in [0.3, 0.4) is 0 Å². The van der Waals surface area contributed by atoms with E-state index < -0.39 is 0 Å². The van der Waals surface area contributed by atoms with Crippen LogP contribution in [0.4, 0.5) is 0 Å². The third-order valence-electron chi connectivity index (χ3n) is 5.28. The van der Waals surface area contributed by atoms with E-state index in [1.165, 1.54) is 36.8 Å². The molecule has 0 spiro atoms. The van der Waals surface area contributed by atoms with Gasteiger partial charge in [-0.05, 0) is 67.8 Å². The summed E-state index contributed by atoms with van der Waals surface area (Å²) in [7, 11) is 0. The number of rotatable bonds is 5. The Morgan fingerprint density at radius 1 is 0.875 bits per heavy atom.